The molecule has 0 spiro atoms. The molecule has 1 aromatic heterocycles. The molecule has 0 aliphatic carbocycles. The van der Waals surface area contributed by atoms with E-state index in [0.29, 0.717) is 24.9 Å². The molecule has 27 heavy (non-hydrogen) atoms. The van der Waals surface area contributed by atoms with E-state index in [1.807, 2.05) is 24.3 Å². The molecule has 0 bridgehead atoms. The molecule has 2 N–H and O–H groups in total. The lowest BCUT2D eigenvalue weighted by Crippen LogP contribution is -2.36. The molecule has 0 fully saturated rings. The van der Waals surface area contributed by atoms with Gasteiger partial charge in [0.05, 0.1) is 18.5 Å². The highest BCUT2D eigenvalue weighted by atomic mass is 32.2. The predicted molar refractivity (Wildman–Crippen MR) is 107 cm³/mol. The Labute approximate surface area is 161 Å². The molecule has 7 nitrogen and oxygen atoms in total. The summed E-state index contributed by atoms with van der Waals surface area (Å²) in [5, 5.41) is 6.38. The van der Waals surface area contributed by atoms with Crippen LogP contribution in [0, 0.1) is 0 Å². The van der Waals surface area contributed by atoms with Crippen molar-refractivity contribution in [2.45, 2.75) is 45.0 Å². The molecule has 0 saturated carbocycles. The molecule has 1 aromatic carbocycles. The largest absolute Gasteiger partial charge is 0.443 e. The van der Waals surface area contributed by atoms with Crippen LogP contribution in [0.4, 0.5) is 0 Å². The van der Waals surface area contributed by atoms with Crippen molar-refractivity contribution in [3.63, 3.8) is 0 Å². The summed E-state index contributed by atoms with van der Waals surface area (Å²) >= 11 is 0. The molecule has 0 aliphatic heterocycles. The van der Waals surface area contributed by atoms with E-state index in [1.165, 1.54) is 6.26 Å². The summed E-state index contributed by atoms with van der Waals surface area (Å²) < 4.78 is 28.4. The van der Waals surface area contributed by atoms with E-state index in [9.17, 15) is 8.42 Å². The van der Waals surface area contributed by atoms with E-state index in [1.54, 1.807) is 13.2 Å². The van der Waals surface area contributed by atoms with Gasteiger partial charge in [0, 0.05) is 25.3 Å². The zero-order valence-corrected chi connectivity index (χ0v) is 17.4. The number of aromatic nitrogens is 1. The maximum Gasteiger partial charge on any atom is 0.213 e. The lowest BCUT2D eigenvalue weighted by Gasteiger charge is -2.13. The highest BCUT2D eigenvalue weighted by molar-refractivity contribution is 7.89. The van der Waals surface area contributed by atoms with Gasteiger partial charge in [0.15, 0.2) is 15.8 Å². The first-order chi connectivity index (χ1) is 12.6. The Morgan fingerprint density at radius 2 is 1.70 bits per heavy atom. The fourth-order valence-electron chi connectivity index (χ4n) is 2.36. The summed E-state index contributed by atoms with van der Waals surface area (Å²) in [6, 6.07) is 7.47. The van der Waals surface area contributed by atoms with Gasteiger partial charge in [0.2, 0.25) is 5.89 Å². The van der Waals surface area contributed by atoms with Crippen LogP contribution in [0.1, 0.15) is 43.5 Å². The van der Waals surface area contributed by atoms with Crippen molar-refractivity contribution < 1.29 is 12.8 Å². The van der Waals surface area contributed by atoms with Gasteiger partial charge in [0.25, 0.3) is 0 Å². The second kappa shape index (κ2) is 8.56. The van der Waals surface area contributed by atoms with Crippen molar-refractivity contribution >= 4 is 15.8 Å². The van der Waals surface area contributed by atoms with Crippen molar-refractivity contribution in [2.75, 3.05) is 13.3 Å². The summed E-state index contributed by atoms with van der Waals surface area (Å²) in [5.74, 6) is 2.13. The number of benzene rings is 1. The first-order valence-corrected chi connectivity index (χ1v) is 10.8. The van der Waals surface area contributed by atoms with Crippen molar-refractivity contribution in [3.05, 3.63) is 53.2 Å². The number of guanidine groups is 1. The maximum absolute atomic E-state index is 11.3. The second-order valence-electron chi connectivity index (χ2n) is 7.53. The number of nitrogens with zero attached hydrogens (tertiary/aromatic N) is 2. The van der Waals surface area contributed by atoms with Gasteiger partial charge in [-0.2, -0.15) is 0 Å². The number of oxazole rings is 1. The normalized spacial score (nSPS) is 12.9. The first-order valence-electron chi connectivity index (χ1n) is 8.72. The van der Waals surface area contributed by atoms with Crippen LogP contribution in [0.5, 0.6) is 0 Å². The summed E-state index contributed by atoms with van der Waals surface area (Å²) in [7, 11) is -1.33. The Morgan fingerprint density at radius 3 is 2.22 bits per heavy atom. The van der Waals surface area contributed by atoms with Crippen molar-refractivity contribution in [3.8, 4) is 0 Å². The Balaban J connectivity index is 1.86. The topological polar surface area (TPSA) is 96.6 Å². The summed E-state index contributed by atoms with van der Waals surface area (Å²) in [5.41, 5.74) is 1.73. The highest BCUT2D eigenvalue weighted by Gasteiger charge is 2.19. The zero-order valence-electron chi connectivity index (χ0n) is 16.5. The number of nitrogens with one attached hydrogen (secondary N) is 2. The van der Waals surface area contributed by atoms with Crippen LogP contribution in [-0.4, -0.2) is 32.7 Å². The molecule has 2 rings (SSSR count). The molecule has 0 aliphatic rings. The molecule has 0 atom stereocenters. The first kappa shape index (κ1) is 21.0. The lowest BCUT2D eigenvalue weighted by molar-refractivity contribution is 0.379. The van der Waals surface area contributed by atoms with Crippen LogP contribution in [-0.2, 0) is 34.1 Å². The molecular formula is C19H28N4O3S. The quantitative estimate of drug-likeness (QED) is 0.579. The fraction of sp³-hybridized carbons (Fsp3) is 0.474. The Hall–Kier alpha value is -2.35. The van der Waals surface area contributed by atoms with E-state index >= 15 is 0 Å². The minimum Gasteiger partial charge on any atom is -0.443 e. The average Bonchev–Trinajstić information content (AvgIpc) is 3.04. The molecule has 0 saturated heterocycles. The van der Waals surface area contributed by atoms with Gasteiger partial charge in [0.1, 0.15) is 5.76 Å². The van der Waals surface area contributed by atoms with Gasteiger partial charge in [-0.1, -0.05) is 45.0 Å². The summed E-state index contributed by atoms with van der Waals surface area (Å²) in [4.78, 5) is 8.47. The standard InChI is InChI=1S/C19H28N4O3S/c1-19(2,3)16-11-21-17(26-16)12-23-18(20-4)22-10-14-6-8-15(9-7-14)13-27(5,24)25/h6-9,11H,10,12-13H2,1-5H3,(H2,20,22,23). The van der Waals surface area contributed by atoms with E-state index in [2.05, 4.69) is 41.4 Å². The number of hydrogen-bond acceptors (Lipinski definition) is 5. The summed E-state index contributed by atoms with van der Waals surface area (Å²) in [6.45, 7) is 7.23. The Morgan fingerprint density at radius 1 is 1.11 bits per heavy atom. The minimum atomic E-state index is -3.02. The minimum absolute atomic E-state index is 0.0522. The third kappa shape index (κ3) is 7.05. The molecule has 2 aromatic rings. The van der Waals surface area contributed by atoms with Crippen molar-refractivity contribution in [2.24, 2.45) is 4.99 Å². The van der Waals surface area contributed by atoms with Gasteiger partial charge in [-0.05, 0) is 11.1 Å². The van der Waals surface area contributed by atoms with E-state index in [4.69, 9.17) is 4.42 Å². The van der Waals surface area contributed by atoms with Crippen molar-refractivity contribution in [1.29, 1.82) is 0 Å². The monoisotopic (exact) mass is 392 g/mol. The highest BCUT2D eigenvalue weighted by Crippen LogP contribution is 2.22. The van der Waals surface area contributed by atoms with Crippen LogP contribution < -0.4 is 10.6 Å². The second-order valence-corrected chi connectivity index (χ2v) is 9.67. The molecule has 1 heterocycles. The van der Waals surface area contributed by atoms with E-state index < -0.39 is 9.84 Å². The average molecular weight is 393 g/mol. The van der Waals surface area contributed by atoms with Gasteiger partial charge in [-0.3, -0.25) is 4.99 Å². The SMILES string of the molecule is CN=C(NCc1ccc(CS(C)(=O)=O)cc1)NCc1ncc(C(C)(C)C)o1. The maximum atomic E-state index is 11.3. The third-order valence-electron chi connectivity index (χ3n) is 3.84. The molecule has 0 unspecified atom stereocenters. The van der Waals surface area contributed by atoms with Gasteiger partial charge < -0.3 is 15.1 Å². The van der Waals surface area contributed by atoms with E-state index in [-0.39, 0.29) is 11.2 Å². The van der Waals surface area contributed by atoms with Crippen LogP contribution in [0.25, 0.3) is 0 Å². The molecule has 0 amide bonds. The number of aliphatic imine (C=N–C) groups is 1. The number of hydrogen-bond donors (Lipinski definition) is 2. The van der Waals surface area contributed by atoms with Gasteiger partial charge in [-0.15, -0.1) is 0 Å². The Kier molecular flexibility index (Phi) is 6.64. The summed E-state index contributed by atoms with van der Waals surface area (Å²) in [6.07, 6.45) is 2.99. The smallest absolute Gasteiger partial charge is 0.213 e. The van der Waals surface area contributed by atoms with E-state index in [0.717, 1.165) is 16.9 Å². The zero-order chi connectivity index (χ0) is 20.1. The Bertz CT molecular complexity index is 878. The van der Waals surface area contributed by atoms with Gasteiger partial charge >= 0.3 is 0 Å². The van der Waals surface area contributed by atoms with Crippen LogP contribution in [0.3, 0.4) is 0 Å². The fourth-order valence-corrected chi connectivity index (χ4v) is 3.16. The molecule has 8 heteroatoms. The van der Waals surface area contributed by atoms with Crippen molar-refractivity contribution in [1.82, 2.24) is 15.6 Å². The molecular weight excluding hydrogens is 364 g/mol. The van der Waals surface area contributed by atoms with Crippen LogP contribution in [0.15, 0.2) is 39.9 Å². The van der Waals surface area contributed by atoms with Gasteiger partial charge in [-0.25, -0.2) is 13.4 Å². The predicted octanol–water partition coefficient (Wildman–Crippen LogP) is 2.38. The lowest BCUT2D eigenvalue weighted by atomic mass is 9.94. The molecule has 148 valence electrons. The van der Waals surface area contributed by atoms with Crippen LogP contribution in [0.2, 0.25) is 0 Å². The van der Waals surface area contributed by atoms with Crippen LogP contribution >= 0.6 is 0 Å². The number of sulfone groups is 1. The molecule has 0 radical (unpaired) electrons. The third-order valence-corrected chi connectivity index (χ3v) is 4.69. The number of rotatable bonds is 6.